The number of nitrogens with two attached hydrogens (primary N) is 1. The Labute approximate surface area is 95.4 Å². The highest BCUT2D eigenvalue weighted by Gasteiger charge is 2.07. The molecular weight excluding hydrogens is 204 g/mol. The van der Waals surface area contributed by atoms with E-state index in [1.54, 1.807) is 12.3 Å². The number of nitrogens with zero attached hydrogens (tertiary/aromatic N) is 2. The minimum atomic E-state index is -0.0395. The zero-order chi connectivity index (χ0) is 12.0. The molecule has 5 heteroatoms. The first kappa shape index (κ1) is 12.4. The summed E-state index contributed by atoms with van der Waals surface area (Å²) >= 11 is 0. The lowest BCUT2D eigenvalue weighted by atomic mass is 10.2. The number of nitrogen functional groups attached to an aromatic ring is 1. The predicted octanol–water partition coefficient (Wildman–Crippen LogP) is 0.574. The summed E-state index contributed by atoms with van der Waals surface area (Å²) in [5, 5.41) is 16.3. The van der Waals surface area contributed by atoms with Crippen LogP contribution in [0.4, 0.5) is 5.69 Å². The van der Waals surface area contributed by atoms with Crippen LogP contribution in [0.5, 0.6) is 0 Å². The van der Waals surface area contributed by atoms with Crippen molar-refractivity contribution in [1.29, 1.82) is 5.41 Å². The lowest BCUT2D eigenvalue weighted by Crippen LogP contribution is -2.28. The SMILES string of the molecule is CCCN(CCO)c1ccnc(C(=N)N)c1. The Balaban J connectivity index is 2.90. The molecule has 0 spiro atoms. The molecule has 0 atom stereocenters. The number of anilines is 1. The Hall–Kier alpha value is -1.62. The number of pyridine rings is 1. The van der Waals surface area contributed by atoms with Crippen molar-refractivity contribution >= 4 is 11.5 Å². The van der Waals surface area contributed by atoms with Gasteiger partial charge in [-0.1, -0.05) is 6.92 Å². The molecule has 1 rings (SSSR count). The van der Waals surface area contributed by atoms with E-state index in [1.807, 2.05) is 11.0 Å². The van der Waals surface area contributed by atoms with Gasteiger partial charge in [-0.3, -0.25) is 10.4 Å². The maximum Gasteiger partial charge on any atom is 0.141 e. The Morgan fingerprint density at radius 3 is 2.88 bits per heavy atom. The van der Waals surface area contributed by atoms with Crippen LogP contribution in [0.15, 0.2) is 18.3 Å². The number of amidine groups is 1. The molecule has 0 saturated carbocycles. The van der Waals surface area contributed by atoms with Gasteiger partial charge in [0.05, 0.1) is 6.61 Å². The highest BCUT2D eigenvalue weighted by molar-refractivity contribution is 5.93. The van der Waals surface area contributed by atoms with Gasteiger partial charge < -0.3 is 15.7 Å². The van der Waals surface area contributed by atoms with Gasteiger partial charge in [-0.05, 0) is 18.6 Å². The summed E-state index contributed by atoms with van der Waals surface area (Å²) in [5.74, 6) is -0.0395. The normalized spacial score (nSPS) is 10.1. The summed E-state index contributed by atoms with van der Waals surface area (Å²) in [6, 6.07) is 3.63. The van der Waals surface area contributed by atoms with E-state index in [1.165, 1.54) is 0 Å². The van der Waals surface area contributed by atoms with Gasteiger partial charge in [0, 0.05) is 25.0 Å². The Kier molecular flexibility index (Phi) is 4.72. The number of hydrogen-bond acceptors (Lipinski definition) is 4. The van der Waals surface area contributed by atoms with E-state index in [-0.39, 0.29) is 12.4 Å². The quantitative estimate of drug-likeness (QED) is 0.485. The van der Waals surface area contributed by atoms with Gasteiger partial charge in [-0.25, -0.2) is 0 Å². The molecule has 0 radical (unpaired) electrons. The molecule has 88 valence electrons. The summed E-state index contributed by atoms with van der Waals surface area (Å²) in [7, 11) is 0. The summed E-state index contributed by atoms with van der Waals surface area (Å²) in [5.41, 5.74) is 6.79. The largest absolute Gasteiger partial charge is 0.395 e. The fourth-order valence-electron chi connectivity index (χ4n) is 1.52. The van der Waals surface area contributed by atoms with Crippen LogP contribution in [-0.4, -0.2) is 35.6 Å². The minimum Gasteiger partial charge on any atom is -0.395 e. The molecule has 1 aromatic heterocycles. The van der Waals surface area contributed by atoms with Crippen LogP contribution in [-0.2, 0) is 0 Å². The molecule has 0 saturated heterocycles. The third-order valence-electron chi connectivity index (χ3n) is 2.25. The van der Waals surface area contributed by atoms with Crippen LogP contribution in [0.25, 0.3) is 0 Å². The first-order valence-corrected chi connectivity index (χ1v) is 5.35. The van der Waals surface area contributed by atoms with E-state index >= 15 is 0 Å². The van der Waals surface area contributed by atoms with Gasteiger partial charge >= 0.3 is 0 Å². The molecule has 5 nitrogen and oxygen atoms in total. The predicted molar refractivity (Wildman–Crippen MR) is 64.8 cm³/mol. The average molecular weight is 222 g/mol. The van der Waals surface area contributed by atoms with E-state index in [4.69, 9.17) is 16.2 Å². The molecule has 0 bridgehead atoms. The van der Waals surface area contributed by atoms with Gasteiger partial charge in [-0.2, -0.15) is 0 Å². The van der Waals surface area contributed by atoms with Crippen molar-refractivity contribution < 1.29 is 5.11 Å². The second kappa shape index (κ2) is 6.07. The first-order chi connectivity index (χ1) is 7.69. The summed E-state index contributed by atoms with van der Waals surface area (Å²) in [6.07, 6.45) is 2.63. The second-order valence-electron chi connectivity index (χ2n) is 3.52. The van der Waals surface area contributed by atoms with E-state index in [2.05, 4.69) is 11.9 Å². The van der Waals surface area contributed by atoms with Gasteiger partial charge in [-0.15, -0.1) is 0 Å². The first-order valence-electron chi connectivity index (χ1n) is 5.35. The lowest BCUT2D eigenvalue weighted by Gasteiger charge is -2.23. The third-order valence-corrected chi connectivity index (χ3v) is 2.25. The second-order valence-corrected chi connectivity index (χ2v) is 3.52. The van der Waals surface area contributed by atoms with Crippen LogP contribution in [0.3, 0.4) is 0 Å². The standard InChI is InChI=1S/C11H18N4O/c1-2-5-15(6-7-16)9-3-4-14-10(8-9)11(12)13/h3-4,8,16H,2,5-7H2,1H3,(H3,12,13). The molecule has 0 amide bonds. The van der Waals surface area contributed by atoms with Gasteiger partial charge in [0.1, 0.15) is 11.5 Å². The van der Waals surface area contributed by atoms with Crippen LogP contribution < -0.4 is 10.6 Å². The van der Waals surface area contributed by atoms with Gasteiger partial charge in [0.25, 0.3) is 0 Å². The number of rotatable bonds is 6. The fourth-order valence-corrected chi connectivity index (χ4v) is 1.52. The molecule has 0 aliphatic heterocycles. The monoisotopic (exact) mass is 222 g/mol. The summed E-state index contributed by atoms with van der Waals surface area (Å²) in [6.45, 7) is 3.63. The van der Waals surface area contributed by atoms with E-state index in [9.17, 15) is 0 Å². The number of hydrogen-bond donors (Lipinski definition) is 3. The molecule has 0 aliphatic rings. The molecule has 1 aromatic rings. The average Bonchev–Trinajstić information content (AvgIpc) is 2.29. The number of nitrogens with one attached hydrogen (secondary N) is 1. The number of aliphatic hydroxyl groups is 1. The van der Waals surface area contributed by atoms with E-state index < -0.39 is 0 Å². The smallest absolute Gasteiger partial charge is 0.141 e. The Morgan fingerprint density at radius 2 is 2.31 bits per heavy atom. The maximum absolute atomic E-state index is 8.98. The van der Waals surface area contributed by atoms with Crippen molar-refractivity contribution in [2.24, 2.45) is 5.73 Å². The Morgan fingerprint density at radius 1 is 1.56 bits per heavy atom. The highest BCUT2D eigenvalue weighted by atomic mass is 16.3. The minimum absolute atomic E-state index is 0.0395. The summed E-state index contributed by atoms with van der Waals surface area (Å²) in [4.78, 5) is 6.05. The lowest BCUT2D eigenvalue weighted by molar-refractivity contribution is 0.302. The molecule has 1 heterocycles. The molecule has 0 aromatic carbocycles. The fraction of sp³-hybridized carbons (Fsp3) is 0.455. The molecular formula is C11H18N4O. The van der Waals surface area contributed by atoms with Crippen molar-refractivity contribution in [3.63, 3.8) is 0 Å². The zero-order valence-electron chi connectivity index (χ0n) is 9.48. The van der Waals surface area contributed by atoms with Crippen LogP contribution >= 0.6 is 0 Å². The van der Waals surface area contributed by atoms with Crippen molar-refractivity contribution in [1.82, 2.24) is 4.98 Å². The number of aromatic nitrogens is 1. The third kappa shape index (κ3) is 3.20. The van der Waals surface area contributed by atoms with Gasteiger partial charge in [0.2, 0.25) is 0 Å². The van der Waals surface area contributed by atoms with Crippen molar-refractivity contribution in [2.45, 2.75) is 13.3 Å². The van der Waals surface area contributed by atoms with E-state index in [0.29, 0.717) is 12.2 Å². The maximum atomic E-state index is 8.98. The van der Waals surface area contributed by atoms with E-state index in [0.717, 1.165) is 18.7 Å². The van der Waals surface area contributed by atoms with Crippen LogP contribution in [0.2, 0.25) is 0 Å². The molecule has 16 heavy (non-hydrogen) atoms. The summed E-state index contributed by atoms with van der Waals surface area (Å²) < 4.78 is 0. The van der Waals surface area contributed by atoms with Crippen molar-refractivity contribution in [2.75, 3.05) is 24.6 Å². The van der Waals surface area contributed by atoms with Crippen LogP contribution in [0, 0.1) is 5.41 Å². The number of aliphatic hydroxyl groups excluding tert-OH is 1. The van der Waals surface area contributed by atoms with Crippen molar-refractivity contribution in [3.8, 4) is 0 Å². The molecule has 4 N–H and O–H groups in total. The van der Waals surface area contributed by atoms with Crippen LogP contribution in [0.1, 0.15) is 19.0 Å². The topological polar surface area (TPSA) is 86.2 Å². The Bertz CT molecular complexity index is 348. The molecule has 0 fully saturated rings. The van der Waals surface area contributed by atoms with Crippen molar-refractivity contribution in [3.05, 3.63) is 24.0 Å². The highest BCUT2D eigenvalue weighted by Crippen LogP contribution is 2.14. The van der Waals surface area contributed by atoms with Gasteiger partial charge in [0.15, 0.2) is 0 Å². The zero-order valence-corrected chi connectivity index (χ0v) is 9.48. The molecule has 0 aliphatic carbocycles. The molecule has 0 unspecified atom stereocenters.